The van der Waals surface area contributed by atoms with Gasteiger partial charge in [-0.15, -0.1) is 0 Å². The minimum absolute atomic E-state index is 0.0300. The van der Waals surface area contributed by atoms with Crippen molar-refractivity contribution in [1.29, 1.82) is 0 Å². The second-order valence-corrected chi connectivity index (χ2v) is 12.9. The first-order valence-corrected chi connectivity index (χ1v) is 16.7. The fraction of sp³-hybridized carbons (Fsp3) is 0.235. The molecule has 1 atom stereocenters. The molecule has 2 amide bonds. The van der Waals surface area contributed by atoms with Crippen LogP contribution in [0.25, 0.3) is 0 Å². The monoisotopic (exact) mass is 695 g/mol. The molecule has 0 aliphatic carbocycles. The second kappa shape index (κ2) is 15.7. The molecule has 236 valence electrons. The van der Waals surface area contributed by atoms with E-state index >= 15 is 0 Å². The van der Waals surface area contributed by atoms with Gasteiger partial charge in [0.15, 0.2) is 0 Å². The summed E-state index contributed by atoms with van der Waals surface area (Å²) in [5.41, 5.74) is 1.20. The number of rotatable bonds is 14. The maximum Gasteiger partial charge on any atom is 0.264 e. The van der Waals surface area contributed by atoms with Crippen LogP contribution in [0.4, 0.5) is 10.1 Å². The van der Waals surface area contributed by atoms with Gasteiger partial charge in [-0.1, -0.05) is 64.5 Å². The Morgan fingerprint density at radius 2 is 1.53 bits per heavy atom. The Morgan fingerprint density at radius 3 is 2.16 bits per heavy atom. The average molecular weight is 697 g/mol. The van der Waals surface area contributed by atoms with Crippen LogP contribution in [0.2, 0.25) is 0 Å². The highest BCUT2D eigenvalue weighted by Gasteiger charge is 2.35. The van der Waals surface area contributed by atoms with Crippen molar-refractivity contribution >= 4 is 43.5 Å². The number of ether oxygens (including phenoxy) is 1. The standard InChI is InChI=1S/C34H35BrFN3O5S/c1-3-37-34(41)32(22-25-10-6-5-7-11-25)38(23-26-12-8-9-13-31(26)36)33(40)24-39(28-16-18-29(19-17-28)44-4-2)45(42,43)30-20-14-27(35)15-21-30/h5-21,32H,3-4,22-24H2,1-2H3,(H,37,41). The third-order valence-electron chi connectivity index (χ3n) is 7.04. The van der Waals surface area contributed by atoms with Crippen molar-refractivity contribution in [3.05, 3.63) is 125 Å². The van der Waals surface area contributed by atoms with Crippen molar-refractivity contribution in [2.75, 3.05) is 24.0 Å². The number of likely N-dealkylation sites (N-methyl/N-ethyl adjacent to an activating group) is 1. The number of amides is 2. The van der Waals surface area contributed by atoms with E-state index in [1.54, 1.807) is 49.4 Å². The van der Waals surface area contributed by atoms with Gasteiger partial charge in [-0.3, -0.25) is 13.9 Å². The molecular formula is C34H35BrFN3O5S. The van der Waals surface area contributed by atoms with Crippen LogP contribution in [0.15, 0.2) is 112 Å². The fourth-order valence-electron chi connectivity index (χ4n) is 4.79. The molecule has 0 aliphatic heterocycles. The van der Waals surface area contributed by atoms with Gasteiger partial charge in [0.2, 0.25) is 11.8 Å². The predicted octanol–water partition coefficient (Wildman–Crippen LogP) is 5.96. The summed E-state index contributed by atoms with van der Waals surface area (Å²) in [4.78, 5) is 29.1. The molecule has 4 aromatic carbocycles. The molecule has 0 aliphatic rings. The van der Waals surface area contributed by atoms with Crippen molar-refractivity contribution in [2.24, 2.45) is 0 Å². The molecule has 0 fully saturated rings. The van der Waals surface area contributed by atoms with Crippen molar-refractivity contribution in [1.82, 2.24) is 10.2 Å². The van der Waals surface area contributed by atoms with E-state index in [4.69, 9.17) is 4.74 Å². The molecule has 1 N–H and O–H groups in total. The number of carbonyl (C=O) groups is 2. The van der Waals surface area contributed by atoms with Gasteiger partial charge in [0.1, 0.15) is 24.2 Å². The van der Waals surface area contributed by atoms with Crippen LogP contribution >= 0.6 is 15.9 Å². The summed E-state index contributed by atoms with van der Waals surface area (Å²) in [6, 6.07) is 26.5. The molecule has 0 saturated heterocycles. The first-order valence-electron chi connectivity index (χ1n) is 14.5. The molecule has 0 aromatic heterocycles. The number of sulfonamides is 1. The van der Waals surface area contributed by atoms with Crippen molar-refractivity contribution in [3.8, 4) is 5.75 Å². The average Bonchev–Trinajstić information content (AvgIpc) is 3.03. The highest BCUT2D eigenvalue weighted by molar-refractivity contribution is 9.10. The lowest BCUT2D eigenvalue weighted by molar-refractivity contribution is -0.140. The molecule has 0 bridgehead atoms. The predicted molar refractivity (Wildman–Crippen MR) is 176 cm³/mol. The summed E-state index contributed by atoms with van der Waals surface area (Å²) in [6.45, 7) is 3.43. The Hall–Kier alpha value is -4.22. The largest absolute Gasteiger partial charge is 0.494 e. The molecule has 4 aromatic rings. The highest BCUT2D eigenvalue weighted by atomic mass is 79.9. The Balaban J connectivity index is 1.80. The molecule has 0 saturated carbocycles. The summed E-state index contributed by atoms with van der Waals surface area (Å²) in [6.07, 6.45) is 0.134. The number of nitrogens with one attached hydrogen (secondary N) is 1. The van der Waals surface area contributed by atoms with Crippen LogP contribution in [0.1, 0.15) is 25.0 Å². The molecule has 0 spiro atoms. The van der Waals surface area contributed by atoms with Crippen LogP contribution < -0.4 is 14.4 Å². The molecule has 8 nitrogen and oxygen atoms in total. The van der Waals surface area contributed by atoms with E-state index in [0.29, 0.717) is 23.4 Å². The van der Waals surface area contributed by atoms with Gasteiger partial charge < -0.3 is 15.0 Å². The normalized spacial score (nSPS) is 11.8. The highest BCUT2D eigenvalue weighted by Crippen LogP contribution is 2.28. The lowest BCUT2D eigenvalue weighted by Gasteiger charge is -2.34. The lowest BCUT2D eigenvalue weighted by atomic mass is 10.0. The van der Waals surface area contributed by atoms with E-state index in [9.17, 15) is 22.4 Å². The fourth-order valence-corrected chi connectivity index (χ4v) is 6.47. The van der Waals surface area contributed by atoms with Crippen LogP contribution in [0.5, 0.6) is 5.75 Å². The second-order valence-electron chi connectivity index (χ2n) is 10.1. The van der Waals surface area contributed by atoms with Gasteiger partial charge in [0.25, 0.3) is 10.0 Å². The third kappa shape index (κ3) is 8.70. The van der Waals surface area contributed by atoms with E-state index < -0.39 is 40.2 Å². The minimum Gasteiger partial charge on any atom is -0.494 e. The zero-order valence-corrected chi connectivity index (χ0v) is 27.4. The third-order valence-corrected chi connectivity index (χ3v) is 9.35. The number of anilines is 1. The Kier molecular flexibility index (Phi) is 11.7. The molecule has 4 rings (SSSR count). The maximum atomic E-state index is 15.0. The molecular weight excluding hydrogens is 661 g/mol. The zero-order chi connectivity index (χ0) is 32.4. The Bertz CT molecular complexity index is 1690. The lowest BCUT2D eigenvalue weighted by Crippen LogP contribution is -2.53. The summed E-state index contributed by atoms with van der Waals surface area (Å²) < 4.78 is 50.4. The number of nitrogens with zero attached hydrogens (tertiary/aromatic N) is 2. The van der Waals surface area contributed by atoms with Gasteiger partial charge >= 0.3 is 0 Å². The van der Waals surface area contributed by atoms with Gasteiger partial charge in [0.05, 0.1) is 17.2 Å². The Morgan fingerprint density at radius 1 is 0.889 bits per heavy atom. The molecule has 45 heavy (non-hydrogen) atoms. The zero-order valence-electron chi connectivity index (χ0n) is 25.0. The molecule has 0 heterocycles. The first kappa shape index (κ1) is 33.7. The Labute approximate surface area is 272 Å². The summed E-state index contributed by atoms with van der Waals surface area (Å²) in [7, 11) is -4.27. The first-order chi connectivity index (χ1) is 21.6. The van der Waals surface area contributed by atoms with Gasteiger partial charge in [-0.25, -0.2) is 12.8 Å². The van der Waals surface area contributed by atoms with E-state index in [2.05, 4.69) is 21.2 Å². The van der Waals surface area contributed by atoms with E-state index in [0.717, 1.165) is 9.87 Å². The SMILES string of the molecule is CCNC(=O)C(Cc1ccccc1)N(Cc1ccccc1F)C(=O)CN(c1ccc(OCC)cc1)S(=O)(=O)c1ccc(Br)cc1. The smallest absolute Gasteiger partial charge is 0.264 e. The van der Waals surface area contributed by atoms with Crippen LogP contribution in [-0.2, 0) is 32.6 Å². The molecule has 1 unspecified atom stereocenters. The molecule has 11 heteroatoms. The molecule has 0 radical (unpaired) electrons. The van der Waals surface area contributed by atoms with Gasteiger partial charge in [0, 0.05) is 29.5 Å². The van der Waals surface area contributed by atoms with E-state index in [1.807, 2.05) is 37.3 Å². The summed E-state index contributed by atoms with van der Waals surface area (Å²) in [5.74, 6) is -1.13. The number of benzene rings is 4. The number of halogens is 2. The van der Waals surface area contributed by atoms with Gasteiger partial charge in [-0.2, -0.15) is 0 Å². The van der Waals surface area contributed by atoms with Crippen LogP contribution in [-0.4, -0.2) is 50.9 Å². The van der Waals surface area contributed by atoms with Gasteiger partial charge in [-0.05, 0) is 74.0 Å². The summed E-state index contributed by atoms with van der Waals surface area (Å²) in [5, 5.41) is 2.79. The maximum absolute atomic E-state index is 15.0. The number of carbonyl (C=O) groups excluding carboxylic acids is 2. The number of hydrogen-bond donors (Lipinski definition) is 1. The topological polar surface area (TPSA) is 96.0 Å². The van der Waals surface area contributed by atoms with Crippen LogP contribution in [0.3, 0.4) is 0 Å². The van der Waals surface area contributed by atoms with E-state index in [1.165, 1.54) is 35.2 Å². The van der Waals surface area contributed by atoms with Crippen LogP contribution in [0, 0.1) is 5.82 Å². The summed E-state index contributed by atoms with van der Waals surface area (Å²) >= 11 is 3.33. The van der Waals surface area contributed by atoms with Crippen molar-refractivity contribution in [3.63, 3.8) is 0 Å². The quantitative estimate of drug-likeness (QED) is 0.176. The minimum atomic E-state index is -4.27. The van der Waals surface area contributed by atoms with E-state index in [-0.39, 0.29) is 29.1 Å². The van der Waals surface area contributed by atoms with Crippen molar-refractivity contribution in [2.45, 2.75) is 37.8 Å². The van der Waals surface area contributed by atoms with Crippen molar-refractivity contribution < 1.29 is 27.1 Å². The number of hydrogen-bond acceptors (Lipinski definition) is 5.